The van der Waals surface area contributed by atoms with Gasteiger partial charge in [0.25, 0.3) is 0 Å². The Hall–Kier alpha value is -2.69. The van der Waals surface area contributed by atoms with Crippen LogP contribution in [0, 0.1) is 0 Å². The van der Waals surface area contributed by atoms with E-state index >= 15 is 0 Å². The zero-order valence-electron chi connectivity index (χ0n) is 15.0. The molecule has 0 unspecified atom stereocenters. The number of rotatable bonds is 8. The number of carbonyl (C=O) groups excluding carboxylic acids is 1. The number of urea groups is 1. The maximum Gasteiger partial charge on any atom is 0.319 e. The quantitative estimate of drug-likeness (QED) is 0.680. The van der Waals surface area contributed by atoms with Gasteiger partial charge in [0.1, 0.15) is 0 Å². The van der Waals surface area contributed by atoms with E-state index in [9.17, 15) is 4.79 Å². The van der Waals surface area contributed by atoms with Crippen molar-refractivity contribution in [2.75, 3.05) is 19.0 Å². The van der Waals surface area contributed by atoms with E-state index < -0.39 is 0 Å². The van der Waals surface area contributed by atoms with Crippen molar-refractivity contribution in [2.24, 2.45) is 0 Å². The number of hydrogen-bond donors (Lipinski definition) is 2. The van der Waals surface area contributed by atoms with Crippen LogP contribution in [0.2, 0.25) is 0 Å². The summed E-state index contributed by atoms with van der Waals surface area (Å²) < 4.78 is 11.0. The normalized spacial score (nSPS) is 11.5. The Morgan fingerprint density at radius 1 is 1.12 bits per heavy atom. The van der Waals surface area contributed by atoms with Gasteiger partial charge in [-0.25, -0.2) is 4.79 Å². The summed E-state index contributed by atoms with van der Waals surface area (Å²) in [7, 11) is 1.60. The van der Waals surface area contributed by atoms with Crippen LogP contribution >= 0.6 is 0 Å². The monoisotopic (exact) mass is 342 g/mol. The fourth-order valence-corrected chi connectivity index (χ4v) is 2.38. The van der Waals surface area contributed by atoms with E-state index in [1.54, 1.807) is 25.3 Å². The molecule has 0 bridgehead atoms. The van der Waals surface area contributed by atoms with Gasteiger partial charge in [-0.3, -0.25) is 0 Å². The van der Waals surface area contributed by atoms with Crippen molar-refractivity contribution in [3.05, 3.63) is 54.1 Å². The highest BCUT2D eigenvalue weighted by Crippen LogP contribution is 2.30. The van der Waals surface area contributed by atoms with Gasteiger partial charge < -0.3 is 20.1 Å². The summed E-state index contributed by atoms with van der Waals surface area (Å²) in [5, 5.41) is 5.76. The van der Waals surface area contributed by atoms with E-state index in [-0.39, 0.29) is 12.1 Å². The molecule has 0 heterocycles. The molecule has 0 saturated heterocycles. The van der Waals surface area contributed by atoms with Gasteiger partial charge in [0, 0.05) is 11.8 Å². The van der Waals surface area contributed by atoms with Gasteiger partial charge in [0.15, 0.2) is 11.5 Å². The molecule has 2 rings (SSSR count). The Morgan fingerprint density at radius 2 is 1.88 bits per heavy atom. The van der Waals surface area contributed by atoms with Gasteiger partial charge >= 0.3 is 6.03 Å². The van der Waals surface area contributed by atoms with Crippen molar-refractivity contribution >= 4 is 11.7 Å². The molecule has 0 aromatic heterocycles. The van der Waals surface area contributed by atoms with Gasteiger partial charge in [-0.05, 0) is 31.0 Å². The topological polar surface area (TPSA) is 59.6 Å². The lowest BCUT2D eigenvalue weighted by molar-refractivity contribution is 0.249. The Labute approximate surface area is 149 Å². The summed E-state index contributed by atoms with van der Waals surface area (Å²) in [6.45, 7) is 4.67. The molecule has 0 spiro atoms. The number of methoxy groups -OCH3 is 1. The lowest BCUT2D eigenvalue weighted by Crippen LogP contribution is -2.31. The smallest absolute Gasteiger partial charge is 0.319 e. The van der Waals surface area contributed by atoms with Gasteiger partial charge in [0.2, 0.25) is 0 Å². The van der Waals surface area contributed by atoms with Crippen molar-refractivity contribution in [3.63, 3.8) is 0 Å². The lowest BCUT2D eigenvalue weighted by Gasteiger charge is -2.16. The minimum atomic E-state index is -0.263. The van der Waals surface area contributed by atoms with Crippen LogP contribution in [0.3, 0.4) is 0 Å². The fourth-order valence-electron chi connectivity index (χ4n) is 2.38. The maximum atomic E-state index is 12.2. The van der Waals surface area contributed by atoms with Crippen LogP contribution in [-0.4, -0.2) is 19.7 Å². The maximum absolute atomic E-state index is 12.2. The summed E-state index contributed by atoms with van der Waals surface area (Å²) in [5.74, 6) is 1.28. The molecule has 0 radical (unpaired) electrons. The van der Waals surface area contributed by atoms with Gasteiger partial charge in [-0.1, -0.05) is 43.7 Å². The molecule has 0 aliphatic rings. The van der Waals surface area contributed by atoms with Crippen LogP contribution in [0.5, 0.6) is 11.5 Å². The number of amides is 2. The molecule has 2 amide bonds. The SMILES string of the molecule is CCCCOc1cc(NC(=O)N[C@@H](C)c2ccccc2)ccc1OC. The van der Waals surface area contributed by atoms with Crippen LogP contribution in [0.4, 0.5) is 10.5 Å². The Balaban J connectivity index is 1.98. The number of ether oxygens (including phenoxy) is 2. The third-order valence-corrected chi connectivity index (χ3v) is 3.82. The van der Waals surface area contributed by atoms with Crippen LogP contribution in [0.25, 0.3) is 0 Å². The molecule has 134 valence electrons. The first-order valence-corrected chi connectivity index (χ1v) is 8.57. The fraction of sp³-hybridized carbons (Fsp3) is 0.350. The molecule has 5 heteroatoms. The largest absolute Gasteiger partial charge is 0.493 e. The van der Waals surface area contributed by atoms with E-state index in [1.165, 1.54) is 0 Å². The molecule has 1 atom stereocenters. The molecule has 5 nitrogen and oxygen atoms in total. The number of anilines is 1. The van der Waals surface area contributed by atoms with E-state index in [4.69, 9.17) is 9.47 Å². The first-order chi connectivity index (χ1) is 12.1. The molecule has 0 aliphatic carbocycles. The average Bonchev–Trinajstić information content (AvgIpc) is 2.63. The van der Waals surface area contributed by atoms with Crippen molar-refractivity contribution in [1.29, 1.82) is 0 Å². The molecule has 25 heavy (non-hydrogen) atoms. The van der Waals surface area contributed by atoms with Crippen LogP contribution in [-0.2, 0) is 0 Å². The van der Waals surface area contributed by atoms with Gasteiger partial charge in [-0.15, -0.1) is 0 Å². The second-order valence-corrected chi connectivity index (χ2v) is 5.80. The molecule has 0 fully saturated rings. The van der Waals surface area contributed by atoms with Crippen molar-refractivity contribution < 1.29 is 14.3 Å². The standard InChI is InChI=1S/C20H26N2O3/c1-4-5-13-25-19-14-17(11-12-18(19)24-3)22-20(23)21-15(2)16-9-7-6-8-10-16/h6-12,14-15H,4-5,13H2,1-3H3,(H2,21,22,23)/t15-/m0/s1. The molecular weight excluding hydrogens is 316 g/mol. The predicted molar refractivity (Wildman–Crippen MR) is 100 cm³/mol. The number of unbranched alkanes of at least 4 members (excludes halogenated alkanes) is 1. The van der Waals surface area contributed by atoms with E-state index in [0.29, 0.717) is 23.8 Å². The lowest BCUT2D eigenvalue weighted by atomic mass is 10.1. The third-order valence-electron chi connectivity index (χ3n) is 3.82. The first kappa shape index (κ1) is 18.6. The molecule has 2 aromatic rings. The molecule has 0 saturated carbocycles. The van der Waals surface area contributed by atoms with E-state index in [0.717, 1.165) is 18.4 Å². The Bertz CT molecular complexity index is 674. The average molecular weight is 342 g/mol. The summed E-state index contributed by atoms with van der Waals surface area (Å²) in [5.41, 5.74) is 1.71. The van der Waals surface area contributed by atoms with E-state index in [2.05, 4.69) is 17.6 Å². The highest BCUT2D eigenvalue weighted by molar-refractivity contribution is 5.89. The van der Waals surface area contributed by atoms with E-state index in [1.807, 2.05) is 37.3 Å². The number of benzene rings is 2. The molecular formula is C20H26N2O3. The zero-order valence-corrected chi connectivity index (χ0v) is 15.0. The summed E-state index contributed by atoms with van der Waals surface area (Å²) in [6, 6.07) is 14.8. The van der Waals surface area contributed by atoms with Gasteiger partial charge in [-0.2, -0.15) is 0 Å². The summed E-state index contributed by atoms with van der Waals surface area (Å²) in [6.07, 6.45) is 2.02. The van der Waals surface area contributed by atoms with Gasteiger partial charge in [0.05, 0.1) is 19.8 Å². The van der Waals surface area contributed by atoms with Crippen molar-refractivity contribution in [1.82, 2.24) is 5.32 Å². The highest BCUT2D eigenvalue weighted by Gasteiger charge is 2.11. The first-order valence-electron chi connectivity index (χ1n) is 8.57. The molecule has 0 aliphatic heterocycles. The predicted octanol–water partition coefficient (Wildman–Crippen LogP) is 4.76. The molecule has 2 N–H and O–H groups in total. The number of hydrogen-bond acceptors (Lipinski definition) is 3. The van der Waals surface area contributed by atoms with Crippen molar-refractivity contribution in [2.45, 2.75) is 32.7 Å². The summed E-state index contributed by atoms with van der Waals surface area (Å²) in [4.78, 5) is 12.2. The third kappa shape index (κ3) is 5.71. The Morgan fingerprint density at radius 3 is 2.56 bits per heavy atom. The Kier molecular flexibility index (Phi) is 7.14. The van der Waals surface area contributed by atoms with Crippen LogP contribution in [0.1, 0.15) is 38.3 Å². The summed E-state index contributed by atoms with van der Waals surface area (Å²) >= 11 is 0. The molecule has 2 aromatic carbocycles. The van der Waals surface area contributed by atoms with Crippen molar-refractivity contribution in [3.8, 4) is 11.5 Å². The number of carbonyl (C=O) groups is 1. The minimum Gasteiger partial charge on any atom is -0.493 e. The number of nitrogens with one attached hydrogen (secondary N) is 2. The second kappa shape index (κ2) is 9.57. The zero-order chi connectivity index (χ0) is 18.1. The highest BCUT2D eigenvalue weighted by atomic mass is 16.5. The van der Waals surface area contributed by atoms with Crippen LogP contribution in [0.15, 0.2) is 48.5 Å². The minimum absolute atomic E-state index is 0.0836. The van der Waals surface area contributed by atoms with Crippen LogP contribution < -0.4 is 20.1 Å². The second-order valence-electron chi connectivity index (χ2n) is 5.80.